The largest absolute Gasteiger partial charge is 0.445 e. The number of benzene rings is 1. The summed E-state index contributed by atoms with van der Waals surface area (Å²) in [5.41, 5.74) is 0. The van der Waals surface area contributed by atoms with E-state index in [1.807, 2.05) is 0 Å². The summed E-state index contributed by atoms with van der Waals surface area (Å²) < 4.78 is 35.0. The Morgan fingerprint density at radius 3 is 2.54 bits per heavy atom. The van der Waals surface area contributed by atoms with Crippen LogP contribution in [0.4, 0.5) is 4.79 Å². The van der Waals surface area contributed by atoms with E-state index >= 15 is 0 Å². The second-order valence-corrected chi connectivity index (χ2v) is 8.64. The number of carbonyl (C=O) groups excluding carboxylic acids is 1. The number of sulfone groups is 1. The second-order valence-electron chi connectivity index (χ2n) is 6.17. The van der Waals surface area contributed by atoms with Crippen molar-refractivity contribution >= 4 is 27.5 Å². The monoisotopic (exact) mass is 407 g/mol. The van der Waals surface area contributed by atoms with Crippen molar-refractivity contribution in [3.05, 3.63) is 29.3 Å². The summed E-state index contributed by atoms with van der Waals surface area (Å²) in [6, 6.07) is 4.93. The number of halogens is 1. The Hall–Kier alpha value is -1.39. The molecule has 0 aliphatic carbocycles. The maximum atomic E-state index is 12.3. The molecule has 26 heavy (non-hydrogen) atoms. The van der Waals surface area contributed by atoms with Crippen LogP contribution in [0.5, 0.6) is 0 Å². The number of ether oxygens (including phenoxy) is 2. The summed E-state index contributed by atoms with van der Waals surface area (Å²) in [5, 5.41) is 22.0. The Morgan fingerprint density at radius 2 is 2.00 bits per heavy atom. The molecule has 146 valence electrons. The Labute approximate surface area is 157 Å². The second kappa shape index (κ2) is 8.53. The standard InChI is InChI=1S/C16H22ClNO7S/c1-9(8-26(22,23)12-5-3-11(17)4-6-12)24-16(21)18-14-10(2)25-13(7-19)15(14)20/h3-6,9-10,13-15,19-20H,7-8H2,1-2H3,(H,18,21)/t9?,10-,13+,14?,15?/m0/s1. The number of aliphatic hydroxyl groups is 2. The number of carbonyl (C=O) groups is 1. The molecule has 1 fully saturated rings. The Balaban J connectivity index is 1.92. The number of alkyl carbamates (subject to hydrolysis) is 1. The molecular formula is C16H22ClNO7S. The first-order valence-corrected chi connectivity index (χ1v) is 10.1. The zero-order valence-electron chi connectivity index (χ0n) is 14.3. The number of hydrogen-bond donors (Lipinski definition) is 3. The van der Waals surface area contributed by atoms with Gasteiger partial charge in [-0.1, -0.05) is 11.6 Å². The molecule has 3 N–H and O–H groups in total. The lowest BCUT2D eigenvalue weighted by Crippen LogP contribution is -2.48. The highest BCUT2D eigenvalue weighted by Gasteiger charge is 2.42. The number of hydrogen-bond acceptors (Lipinski definition) is 7. The van der Waals surface area contributed by atoms with Crippen molar-refractivity contribution in [3.63, 3.8) is 0 Å². The van der Waals surface area contributed by atoms with Gasteiger partial charge in [0.25, 0.3) is 0 Å². The molecule has 1 amide bonds. The van der Waals surface area contributed by atoms with Gasteiger partial charge in [-0.3, -0.25) is 0 Å². The van der Waals surface area contributed by atoms with Gasteiger partial charge in [-0.15, -0.1) is 0 Å². The third-order valence-electron chi connectivity index (χ3n) is 4.04. The van der Waals surface area contributed by atoms with Gasteiger partial charge < -0.3 is 25.0 Å². The van der Waals surface area contributed by atoms with Gasteiger partial charge in [0.15, 0.2) is 9.84 Å². The average molecular weight is 408 g/mol. The molecule has 1 aliphatic heterocycles. The van der Waals surface area contributed by atoms with Crippen LogP contribution in [0.15, 0.2) is 29.2 Å². The normalized spacial score (nSPS) is 27.1. The molecule has 5 atom stereocenters. The highest BCUT2D eigenvalue weighted by atomic mass is 35.5. The van der Waals surface area contributed by atoms with Crippen molar-refractivity contribution < 1.29 is 32.9 Å². The van der Waals surface area contributed by atoms with Gasteiger partial charge in [0.2, 0.25) is 0 Å². The van der Waals surface area contributed by atoms with Crippen LogP contribution < -0.4 is 5.32 Å². The number of aliphatic hydroxyl groups excluding tert-OH is 2. The smallest absolute Gasteiger partial charge is 0.407 e. The van der Waals surface area contributed by atoms with Crippen LogP contribution in [-0.4, -0.2) is 67.5 Å². The van der Waals surface area contributed by atoms with Crippen molar-refractivity contribution in [2.24, 2.45) is 0 Å². The van der Waals surface area contributed by atoms with Gasteiger partial charge in [0.1, 0.15) is 18.3 Å². The Morgan fingerprint density at radius 1 is 1.38 bits per heavy atom. The minimum Gasteiger partial charge on any atom is -0.445 e. The van der Waals surface area contributed by atoms with Crippen molar-refractivity contribution in [2.45, 2.75) is 49.2 Å². The molecule has 0 saturated carbocycles. The van der Waals surface area contributed by atoms with Gasteiger partial charge >= 0.3 is 6.09 Å². The molecule has 3 unspecified atom stereocenters. The van der Waals surface area contributed by atoms with E-state index in [4.69, 9.17) is 26.2 Å². The summed E-state index contributed by atoms with van der Waals surface area (Å²) in [6.07, 6.45) is -4.20. The third kappa shape index (κ3) is 5.08. The quantitative estimate of drug-likeness (QED) is 0.635. The van der Waals surface area contributed by atoms with Crippen LogP contribution >= 0.6 is 11.6 Å². The average Bonchev–Trinajstić information content (AvgIpc) is 2.82. The van der Waals surface area contributed by atoms with Crippen LogP contribution in [0.3, 0.4) is 0 Å². The number of nitrogens with one attached hydrogen (secondary N) is 1. The molecule has 2 rings (SSSR count). The van der Waals surface area contributed by atoms with Crippen LogP contribution in [0.25, 0.3) is 0 Å². The van der Waals surface area contributed by atoms with Crippen molar-refractivity contribution in [1.29, 1.82) is 0 Å². The number of rotatable bonds is 6. The summed E-state index contributed by atoms with van der Waals surface area (Å²) in [7, 11) is -3.65. The summed E-state index contributed by atoms with van der Waals surface area (Å²) >= 11 is 5.74. The molecule has 0 spiro atoms. The van der Waals surface area contributed by atoms with Crippen LogP contribution in [0.2, 0.25) is 5.02 Å². The summed E-state index contributed by atoms with van der Waals surface area (Å²) in [5.74, 6) is -0.402. The fraction of sp³-hybridized carbons (Fsp3) is 0.562. The molecule has 0 aromatic heterocycles. The van der Waals surface area contributed by atoms with Crippen molar-refractivity contribution in [3.8, 4) is 0 Å². The molecule has 8 nitrogen and oxygen atoms in total. The van der Waals surface area contributed by atoms with E-state index in [0.717, 1.165) is 0 Å². The van der Waals surface area contributed by atoms with Gasteiger partial charge in [0.05, 0.1) is 29.4 Å². The molecule has 0 radical (unpaired) electrons. The molecule has 1 heterocycles. The zero-order valence-corrected chi connectivity index (χ0v) is 15.9. The fourth-order valence-electron chi connectivity index (χ4n) is 2.74. The molecule has 1 aromatic carbocycles. The van der Waals surface area contributed by atoms with Gasteiger partial charge in [-0.25, -0.2) is 13.2 Å². The molecular weight excluding hydrogens is 386 g/mol. The highest BCUT2D eigenvalue weighted by molar-refractivity contribution is 7.91. The summed E-state index contributed by atoms with van der Waals surface area (Å²) in [6.45, 7) is 2.71. The first-order chi connectivity index (χ1) is 12.1. The lowest BCUT2D eigenvalue weighted by molar-refractivity contribution is -0.0170. The minimum atomic E-state index is -3.65. The predicted octanol–water partition coefficient (Wildman–Crippen LogP) is 0.738. The first kappa shape index (κ1) is 20.9. The zero-order chi connectivity index (χ0) is 19.5. The SMILES string of the molecule is CC(CS(=O)(=O)c1ccc(Cl)cc1)OC(=O)NC1C(O)[C@@H](CO)O[C@H]1C. The summed E-state index contributed by atoms with van der Waals surface area (Å²) in [4.78, 5) is 12.1. The van der Waals surface area contributed by atoms with Crippen LogP contribution in [-0.2, 0) is 19.3 Å². The minimum absolute atomic E-state index is 0.0804. The van der Waals surface area contributed by atoms with E-state index in [1.165, 1.54) is 31.2 Å². The lowest BCUT2D eigenvalue weighted by Gasteiger charge is -2.21. The molecule has 10 heteroatoms. The van der Waals surface area contributed by atoms with E-state index in [1.54, 1.807) is 6.92 Å². The van der Waals surface area contributed by atoms with Crippen molar-refractivity contribution in [2.75, 3.05) is 12.4 Å². The van der Waals surface area contributed by atoms with E-state index in [0.29, 0.717) is 5.02 Å². The molecule has 0 bridgehead atoms. The topological polar surface area (TPSA) is 122 Å². The molecule has 1 aliphatic rings. The number of amides is 1. The van der Waals surface area contributed by atoms with E-state index < -0.39 is 52.1 Å². The van der Waals surface area contributed by atoms with E-state index in [2.05, 4.69) is 5.32 Å². The maximum absolute atomic E-state index is 12.3. The Bertz CT molecular complexity index is 725. The highest BCUT2D eigenvalue weighted by Crippen LogP contribution is 2.21. The van der Waals surface area contributed by atoms with E-state index in [-0.39, 0.29) is 11.5 Å². The van der Waals surface area contributed by atoms with Gasteiger partial charge in [-0.05, 0) is 38.1 Å². The van der Waals surface area contributed by atoms with Crippen molar-refractivity contribution in [1.82, 2.24) is 5.32 Å². The van der Waals surface area contributed by atoms with Gasteiger partial charge in [-0.2, -0.15) is 0 Å². The van der Waals surface area contributed by atoms with Crippen LogP contribution in [0, 0.1) is 0 Å². The molecule has 1 aromatic rings. The third-order valence-corrected chi connectivity index (χ3v) is 6.19. The first-order valence-electron chi connectivity index (χ1n) is 8.04. The Kier molecular flexibility index (Phi) is 6.86. The van der Waals surface area contributed by atoms with Crippen LogP contribution in [0.1, 0.15) is 13.8 Å². The van der Waals surface area contributed by atoms with Gasteiger partial charge in [0, 0.05) is 5.02 Å². The lowest BCUT2D eigenvalue weighted by atomic mass is 10.1. The fourth-order valence-corrected chi connectivity index (χ4v) is 4.29. The molecule has 1 saturated heterocycles. The van der Waals surface area contributed by atoms with E-state index in [9.17, 15) is 18.3 Å². The maximum Gasteiger partial charge on any atom is 0.407 e. The predicted molar refractivity (Wildman–Crippen MR) is 93.8 cm³/mol.